The summed E-state index contributed by atoms with van der Waals surface area (Å²) in [5.74, 6) is 0. The van der Waals surface area contributed by atoms with Gasteiger partial charge in [-0.15, -0.1) is 0 Å². The van der Waals surface area contributed by atoms with Gasteiger partial charge < -0.3 is 4.98 Å². The first-order valence-corrected chi connectivity index (χ1v) is 4.33. The highest BCUT2D eigenvalue weighted by Gasteiger charge is 2.01. The fourth-order valence-corrected chi connectivity index (χ4v) is 1.42. The lowest BCUT2D eigenvalue weighted by Crippen LogP contribution is -1.85. The highest BCUT2D eigenvalue weighted by atomic mass is 79.9. The number of carbonyl (C=O) groups is 1. The molecule has 3 heteroatoms. The number of hydrogen-bond donors (Lipinski definition) is 1. The van der Waals surface area contributed by atoms with Crippen molar-refractivity contribution in [3.63, 3.8) is 0 Å². The number of nitrogens with one attached hydrogen (secondary N) is 1. The van der Waals surface area contributed by atoms with Crippen molar-refractivity contribution in [2.45, 2.75) is 0 Å². The van der Waals surface area contributed by atoms with Crippen LogP contribution in [0.15, 0.2) is 30.5 Å². The molecule has 0 aliphatic heterocycles. The van der Waals surface area contributed by atoms with E-state index in [4.69, 9.17) is 0 Å². The second kappa shape index (κ2) is 2.75. The normalized spacial score (nSPS) is 10.4. The van der Waals surface area contributed by atoms with Gasteiger partial charge in [-0.25, -0.2) is 0 Å². The van der Waals surface area contributed by atoms with Gasteiger partial charge in [-0.3, -0.25) is 4.79 Å². The van der Waals surface area contributed by atoms with Crippen LogP contribution in [0.4, 0.5) is 0 Å². The molecule has 2 aromatic rings. The monoisotopic (exact) mass is 223 g/mol. The Morgan fingerprint density at radius 1 is 1.33 bits per heavy atom. The summed E-state index contributed by atoms with van der Waals surface area (Å²) in [5, 5.41) is 1.06. The second-order valence-electron chi connectivity index (χ2n) is 2.55. The predicted molar refractivity (Wildman–Crippen MR) is 51.6 cm³/mol. The number of fused-ring (bicyclic) bond motifs is 1. The fraction of sp³-hybridized carbons (Fsp3) is 0. The number of aromatic amines is 1. The third kappa shape index (κ3) is 1.16. The minimum absolute atomic E-state index is 0.0781. The van der Waals surface area contributed by atoms with Crippen molar-refractivity contribution in [3.05, 3.63) is 36.0 Å². The van der Waals surface area contributed by atoms with Crippen LogP contribution in [0.2, 0.25) is 0 Å². The molecule has 0 spiro atoms. The Balaban J connectivity index is 2.68. The van der Waals surface area contributed by atoms with Gasteiger partial charge in [-0.2, -0.15) is 0 Å². The zero-order valence-corrected chi connectivity index (χ0v) is 7.76. The molecule has 0 fully saturated rings. The Bertz CT molecular complexity index is 433. The lowest BCUT2D eigenvalue weighted by molar-refractivity contribution is 0.109. The van der Waals surface area contributed by atoms with Crippen molar-refractivity contribution >= 4 is 31.5 Å². The Morgan fingerprint density at radius 2 is 2.17 bits per heavy atom. The summed E-state index contributed by atoms with van der Waals surface area (Å²) in [4.78, 5) is 14.0. The summed E-state index contributed by atoms with van der Waals surface area (Å²) in [6.45, 7) is 0. The molecule has 0 aliphatic carbocycles. The van der Waals surface area contributed by atoms with Crippen LogP contribution in [0, 0.1) is 0 Å². The van der Waals surface area contributed by atoms with E-state index >= 15 is 0 Å². The van der Waals surface area contributed by atoms with Crippen molar-refractivity contribution in [1.82, 2.24) is 4.98 Å². The number of benzene rings is 1. The van der Waals surface area contributed by atoms with Gasteiger partial charge in [0.05, 0.1) is 0 Å². The highest BCUT2D eigenvalue weighted by Crippen LogP contribution is 2.15. The molecule has 0 saturated heterocycles. The van der Waals surface area contributed by atoms with Crippen LogP contribution < -0.4 is 0 Å². The van der Waals surface area contributed by atoms with Crippen molar-refractivity contribution in [1.29, 1.82) is 0 Å². The van der Waals surface area contributed by atoms with Gasteiger partial charge in [0.1, 0.15) is 0 Å². The SMILES string of the molecule is O=C(Br)c1ccc2[nH]ccc2c1. The van der Waals surface area contributed by atoms with Gasteiger partial charge in [-0.05, 0) is 40.2 Å². The van der Waals surface area contributed by atoms with E-state index in [1.54, 1.807) is 6.07 Å². The van der Waals surface area contributed by atoms with Gasteiger partial charge in [0.15, 0.2) is 0 Å². The molecule has 2 rings (SSSR count). The summed E-state index contributed by atoms with van der Waals surface area (Å²) >= 11 is 2.91. The molecule has 0 aliphatic rings. The predicted octanol–water partition coefficient (Wildman–Crippen LogP) is 2.70. The Kier molecular flexibility index (Phi) is 1.73. The molecular formula is C9H6BrNO. The maximum Gasteiger partial charge on any atom is 0.228 e. The highest BCUT2D eigenvalue weighted by molar-refractivity contribution is 9.18. The van der Waals surface area contributed by atoms with Crippen molar-refractivity contribution < 1.29 is 4.79 Å². The van der Waals surface area contributed by atoms with Gasteiger partial charge in [-0.1, -0.05) is 0 Å². The number of carbonyl (C=O) groups excluding carboxylic acids is 1. The zero-order chi connectivity index (χ0) is 8.55. The summed E-state index contributed by atoms with van der Waals surface area (Å²) < 4.78 is -0.0781. The Morgan fingerprint density at radius 3 is 2.92 bits per heavy atom. The molecule has 1 heterocycles. The molecule has 0 unspecified atom stereocenters. The molecule has 1 N–H and O–H groups in total. The molecule has 12 heavy (non-hydrogen) atoms. The zero-order valence-electron chi connectivity index (χ0n) is 6.17. The number of halogens is 1. The summed E-state index contributed by atoms with van der Waals surface area (Å²) in [6.07, 6.45) is 1.85. The average molecular weight is 224 g/mol. The van der Waals surface area contributed by atoms with Crippen molar-refractivity contribution in [2.75, 3.05) is 0 Å². The van der Waals surface area contributed by atoms with Gasteiger partial charge in [0.25, 0.3) is 0 Å². The summed E-state index contributed by atoms with van der Waals surface area (Å²) in [6, 6.07) is 7.47. The van der Waals surface area contributed by atoms with Crippen molar-refractivity contribution in [3.8, 4) is 0 Å². The molecule has 1 aromatic carbocycles. The largest absolute Gasteiger partial charge is 0.361 e. The number of hydrogen-bond acceptors (Lipinski definition) is 1. The smallest absolute Gasteiger partial charge is 0.228 e. The lowest BCUT2D eigenvalue weighted by Gasteiger charge is -1.93. The van der Waals surface area contributed by atoms with Crippen LogP contribution in [0.25, 0.3) is 10.9 Å². The van der Waals surface area contributed by atoms with E-state index in [0.717, 1.165) is 10.9 Å². The van der Waals surface area contributed by atoms with Crippen LogP contribution in [-0.2, 0) is 0 Å². The molecule has 0 radical (unpaired) electrons. The van der Waals surface area contributed by atoms with E-state index < -0.39 is 0 Å². The quantitative estimate of drug-likeness (QED) is 0.742. The number of rotatable bonds is 1. The summed E-state index contributed by atoms with van der Waals surface area (Å²) in [7, 11) is 0. The second-order valence-corrected chi connectivity index (χ2v) is 3.27. The topological polar surface area (TPSA) is 32.9 Å². The molecule has 0 atom stereocenters. The Hall–Kier alpha value is -1.09. The van der Waals surface area contributed by atoms with Gasteiger partial charge in [0, 0.05) is 22.7 Å². The van der Waals surface area contributed by atoms with Crippen LogP contribution in [0.1, 0.15) is 10.4 Å². The first-order chi connectivity index (χ1) is 5.77. The maximum atomic E-state index is 10.9. The molecule has 0 saturated carbocycles. The third-order valence-electron chi connectivity index (χ3n) is 1.78. The molecule has 0 bridgehead atoms. The van der Waals surface area contributed by atoms with E-state index in [2.05, 4.69) is 20.9 Å². The molecule has 0 amide bonds. The summed E-state index contributed by atoms with van der Waals surface area (Å²) in [5.41, 5.74) is 1.73. The van der Waals surface area contributed by atoms with Gasteiger partial charge in [0.2, 0.25) is 4.69 Å². The van der Waals surface area contributed by atoms with Crippen LogP contribution >= 0.6 is 15.9 Å². The fourth-order valence-electron chi connectivity index (χ4n) is 1.18. The van der Waals surface area contributed by atoms with Gasteiger partial charge >= 0.3 is 0 Å². The van der Waals surface area contributed by atoms with E-state index in [9.17, 15) is 4.79 Å². The standard InChI is InChI=1S/C9H6BrNO/c10-9(12)7-1-2-8-6(5-7)3-4-11-8/h1-5,11H. The minimum atomic E-state index is -0.0781. The third-order valence-corrected chi connectivity index (χ3v) is 2.24. The first kappa shape index (κ1) is 7.55. The molecular weight excluding hydrogens is 218 g/mol. The average Bonchev–Trinajstić information content (AvgIpc) is 2.49. The van der Waals surface area contributed by atoms with Crippen molar-refractivity contribution in [2.24, 2.45) is 0 Å². The lowest BCUT2D eigenvalue weighted by atomic mass is 10.2. The number of aromatic nitrogens is 1. The Labute approximate surface area is 77.7 Å². The molecule has 2 nitrogen and oxygen atoms in total. The van der Waals surface area contributed by atoms with E-state index in [1.165, 1.54) is 0 Å². The minimum Gasteiger partial charge on any atom is -0.361 e. The van der Waals surface area contributed by atoms with E-state index in [0.29, 0.717) is 5.56 Å². The van der Waals surface area contributed by atoms with E-state index in [-0.39, 0.29) is 4.69 Å². The van der Waals surface area contributed by atoms with E-state index in [1.807, 2.05) is 24.4 Å². The van der Waals surface area contributed by atoms with Crippen LogP contribution in [0.3, 0.4) is 0 Å². The maximum absolute atomic E-state index is 10.9. The molecule has 1 aromatic heterocycles. The van der Waals surface area contributed by atoms with Crippen LogP contribution in [0.5, 0.6) is 0 Å². The first-order valence-electron chi connectivity index (χ1n) is 3.54. The number of H-pyrrole nitrogens is 1. The molecule has 60 valence electrons. The van der Waals surface area contributed by atoms with Crippen LogP contribution in [-0.4, -0.2) is 9.68 Å².